The summed E-state index contributed by atoms with van der Waals surface area (Å²) in [6.45, 7) is 2.60. The Hall–Kier alpha value is -1.35. The van der Waals surface area contributed by atoms with E-state index in [1.165, 1.54) is 0 Å². The Balaban J connectivity index is 2.37. The lowest BCUT2D eigenvalue weighted by Crippen LogP contribution is -2.13. The van der Waals surface area contributed by atoms with E-state index in [1.54, 1.807) is 7.11 Å². The number of ketones is 1. The highest BCUT2D eigenvalue weighted by Crippen LogP contribution is 2.12. The fourth-order valence-corrected chi connectivity index (χ4v) is 1.72. The maximum Gasteiger partial charge on any atom is 0.136 e. The monoisotopic (exact) mass is 235 g/mol. The van der Waals surface area contributed by atoms with Crippen LogP contribution in [0.4, 0.5) is 5.69 Å². The molecule has 0 bridgehead atoms. The number of carbonyl (C=O) groups excluding carboxylic acids is 1. The van der Waals surface area contributed by atoms with Crippen molar-refractivity contribution in [1.29, 1.82) is 0 Å². The average molecular weight is 235 g/mol. The maximum atomic E-state index is 11.8. The van der Waals surface area contributed by atoms with Crippen molar-refractivity contribution in [3.05, 3.63) is 29.8 Å². The second-order valence-corrected chi connectivity index (χ2v) is 4.39. The molecule has 0 fully saturated rings. The number of hydrogen-bond acceptors (Lipinski definition) is 3. The van der Waals surface area contributed by atoms with E-state index in [1.807, 2.05) is 31.2 Å². The molecule has 0 saturated carbocycles. The van der Waals surface area contributed by atoms with Gasteiger partial charge in [0.05, 0.1) is 0 Å². The van der Waals surface area contributed by atoms with Crippen molar-refractivity contribution in [3.63, 3.8) is 0 Å². The Labute approximate surface area is 103 Å². The molecule has 3 heteroatoms. The van der Waals surface area contributed by atoms with E-state index in [0.29, 0.717) is 18.8 Å². The van der Waals surface area contributed by atoms with Gasteiger partial charge in [0, 0.05) is 31.7 Å². The van der Waals surface area contributed by atoms with Gasteiger partial charge in [-0.2, -0.15) is 0 Å². The molecular formula is C14H21NO2. The number of nitrogens with two attached hydrogens (primary N) is 1. The SMILES string of the molecule is COCCC(C)C(=O)CCc1cccc(N)c1. The largest absolute Gasteiger partial charge is 0.399 e. The molecule has 0 amide bonds. The van der Waals surface area contributed by atoms with Gasteiger partial charge in [0.2, 0.25) is 0 Å². The molecule has 1 aromatic carbocycles. The highest BCUT2D eigenvalue weighted by molar-refractivity contribution is 5.80. The van der Waals surface area contributed by atoms with Gasteiger partial charge in [-0.1, -0.05) is 19.1 Å². The van der Waals surface area contributed by atoms with Gasteiger partial charge in [0.1, 0.15) is 5.78 Å². The number of rotatable bonds is 7. The fourth-order valence-electron chi connectivity index (χ4n) is 1.72. The third-order valence-corrected chi connectivity index (χ3v) is 2.92. The van der Waals surface area contributed by atoms with Gasteiger partial charge in [-0.3, -0.25) is 4.79 Å². The van der Waals surface area contributed by atoms with E-state index in [2.05, 4.69) is 0 Å². The molecule has 1 aromatic rings. The predicted octanol–water partition coefficient (Wildman–Crippen LogP) is 2.44. The van der Waals surface area contributed by atoms with Gasteiger partial charge in [0.15, 0.2) is 0 Å². The molecule has 0 aliphatic carbocycles. The van der Waals surface area contributed by atoms with Gasteiger partial charge in [-0.15, -0.1) is 0 Å². The zero-order valence-electron chi connectivity index (χ0n) is 10.6. The number of aryl methyl sites for hydroxylation is 1. The molecule has 0 aromatic heterocycles. The summed E-state index contributed by atoms with van der Waals surface area (Å²) in [4.78, 5) is 11.8. The van der Waals surface area contributed by atoms with Crippen LogP contribution in [0.5, 0.6) is 0 Å². The van der Waals surface area contributed by atoms with E-state index in [4.69, 9.17) is 10.5 Å². The number of nitrogen functional groups attached to an aromatic ring is 1. The number of ether oxygens (including phenoxy) is 1. The van der Waals surface area contributed by atoms with E-state index >= 15 is 0 Å². The van der Waals surface area contributed by atoms with Crippen LogP contribution in [0.2, 0.25) is 0 Å². The molecule has 2 N–H and O–H groups in total. The van der Waals surface area contributed by atoms with Crippen LogP contribution >= 0.6 is 0 Å². The van der Waals surface area contributed by atoms with Crippen LogP contribution in [-0.2, 0) is 16.0 Å². The molecule has 0 saturated heterocycles. The maximum absolute atomic E-state index is 11.8. The first-order valence-corrected chi connectivity index (χ1v) is 5.99. The first-order valence-electron chi connectivity index (χ1n) is 5.99. The minimum Gasteiger partial charge on any atom is -0.399 e. The normalized spacial score (nSPS) is 12.4. The van der Waals surface area contributed by atoms with Crippen molar-refractivity contribution in [3.8, 4) is 0 Å². The van der Waals surface area contributed by atoms with Crippen molar-refractivity contribution >= 4 is 11.5 Å². The topological polar surface area (TPSA) is 52.3 Å². The van der Waals surface area contributed by atoms with Crippen molar-refractivity contribution in [2.45, 2.75) is 26.2 Å². The lowest BCUT2D eigenvalue weighted by atomic mass is 9.97. The summed E-state index contributed by atoms with van der Waals surface area (Å²) in [5.41, 5.74) is 7.56. The summed E-state index contributed by atoms with van der Waals surface area (Å²) in [7, 11) is 1.66. The Kier molecular flexibility index (Phi) is 5.70. The summed E-state index contributed by atoms with van der Waals surface area (Å²) in [6.07, 6.45) is 2.14. The lowest BCUT2D eigenvalue weighted by Gasteiger charge is -2.09. The molecule has 1 unspecified atom stereocenters. The fraction of sp³-hybridized carbons (Fsp3) is 0.500. The first kappa shape index (κ1) is 13.7. The zero-order valence-corrected chi connectivity index (χ0v) is 10.6. The summed E-state index contributed by atoms with van der Waals surface area (Å²) >= 11 is 0. The Morgan fingerprint density at radius 1 is 1.47 bits per heavy atom. The number of anilines is 1. The van der Waals surface area contributed by atoms with Crippen LogP contribution in [0.1, 0.15) is 25.3 Å². The van der Waals surface area contributed by atoms with Gasteiger partial charge in [0.25, 0.3) is 0 Å². The molecule has 17 heavy (non-hydrogen) atoms. The quantitative estimate of drug-likeness (QED) is 0.738. The Bertz CT molecular complexity index is 363. The molecule has 1 atom stereocenters. The van der Waals surface area contributed by atoms with Crippen molar-refractivity contribution < 1.29 is 9.53 Å². The standard InChI is InChI=1S/C14H21NO2/c1-11(8-9-17-2)14(16)7-6-12-4-3-5-13(15)10-12/h3-5,10-11H,6-9,15H2,1-2H3. The summed E-state index contributed by atoms with van der Waals surface area (Å²) in [5, 5.41) is 0. The zero-order chi connectivity index (χ0) is 12.7. The van der Waals surface area contributed by atoms with Crippen LogP contribution in [0.25, 0.3) is 0 Å². The predicted molar refractivity (Wildman–Crippen MR) is 69.8 cm³/mol. The highest BCUT2D eigenvalue weighted by atomic mass is 16.5. The minimum atomic E-state index is 0.0796. The summed E-state index contributed by atoms with van der Waals surface area (Å²) in [6, 6.07) is 7.70. The molecular weight excluding hydrogens is 214 g/mol. The Morgan fingerprint density at radius 3 is 2.88 bits per heavy atom. The smallest absolute Gasteiger partial charge is 0.136 e. The molecule has 0 aliphatic heterocycles. The van der Waals surface area contributed by atoms with E-state index in [0.717, 1.165) is 24.1 Å². The van der Waals surface area contributed by atoms with Crippen molar-refractivity contribution in [2.75, 3.05) is 19.5 Å². The van der Waals surface area contributed by atoms with Crippen LogP contribution in [-0.4, -0.2) is 19.5 Å². The van der Waals surface area contributed by atoms with Crippen LogP contribution in [0.3, 0.4) is 0 Å². The lowest BCUT2D eigenvalue weighted by molar-refractivity contribution is -0.122. The van der Waals surface area contributed by atoms with Crippen LogP contribution in [0, 0.1) is 5.92 Å². The molecule has 3 nitrogen and oxygen atoms in total. The van der Waals surface area contributed by atoms with Gasteiger partial charge in [-0.25, -0.2) is 0 Å². The van der Waals surface area contributed by atoms with Crippen LogP contribution in [0.15, 0.2) is 24.3 Å². The van der Waals surface area contributed by atoms with E-state index in [9.17, 15) is 4.79 Å². The van der Waals surface area contributed by atoms with E-state index in [-0.39, 0.29) is 5.92 Å². The average Bonchev–Trinajstić information content (AvgIpc) is 2.33. The number of carbonyl (C=O) groups is 1. The van der Waals surface area contributed by atoms with Crippen molar-refractivity contribution in [1.82, 2.24) is 0 Å². The van der Waals surface area contributed by atoms with Crippen molar-refractivity contribution in [2.24, 2.45) is 5.92 Å². The van der Waals surface area contributed by atoms with Gasteiger partial charge < -0.3 is 10.5 Å². The second-order valence-electron chi connectivity index (χ2n) is 4.39. The second kappa shape index (κ2) is 7.07. The summed E-state index contributed by atoms with van der Waals surface area (Å²) < 4.78 is 4.97. The number of hydrogen-bond donors (Lipinski definition) is 1. The molecule has 0 aliphatic rings. The number of benzene rings is 1. The summed E-state index contributed by atoms with van der Waals surface area (Å²) in [5.74, 6) is 0.375. The highest BCUT2D eigenvalue weighted by Gasteiger charge is 2.12. The number of Topliss-reactive ketones (excluding diaryl/α,β-unsaturated/α-hetero) is 1. The molecule has 0 heterocycles. The third-order valence-electron chi connectivity index (χ3n) is 2.92. The molecule has 0 spiro atoms. The molecule has 1 rings (SSSR count). The molecule has 0 radical (unpaired) electrons. The van der Waals surface area contributed by atoms with Gasteiger partial charge >= 0.3 is 0 Å². The van der Waals surface area contributed by atoms with Gasteiger partial charge in [-0.05, 0) is 30.5 Å². The Morgan fingerprint density at radius 2 is 2.24 bits per heavy atom. The minimum absolute atomic E-state index is 0.0796. The first-order chi connectivity index (χ1) is 8.13. The van der Waals surface area contributed by atoms with Crippen LogP contribution < -0.4 is 5.73 Å². The third kappa shape index (κ3) is 5.00. The van der Waals surface area contributed by atoms with E-state index < -0.39 is 0 Å². The molecule has 94 valence electrons. The number of methoxy groups -OCH3 is 1.